The number of rotatable bonds is 6. The zero-order valence-electron chi connectivity index (χ0n) is 15.3. The number of furan rings is 1. The summed E-state index contributed by atoms with van der Waals surface area (Å²) in [7, 11) is 0. The predicted molar refractivity (Wildman–Crippen MR) is 98.7 cm³/mol. The summed E-state index contributed by atoms with van der Waals surface area (Å²) in [5, 5.41) is 10.8. The normalized spacial score (nSPS) is 18.6. The quantitative estimate of drug-likeness (QED) is 0.834. The molecule has 0 bridgehead atoms. The molecule has 2 aliphatic rings. The van der Waals surface area contributed by atoms with Gasteiger partial charge in [-0.3, -0.25) is 14.8 Å². The molecule has 26 heavy (non-hydrogen) atoms. The lowest BCUT2D eigenvalue weighted by molar-refractivity contribution is -0.126. The van der Waals surface area contributed by atoms with Gasteiger partial charge in [-0.15, -0.1) is 0 Å². The summed E-state index contributed by atoms with van der Waals surface area (Å²) in [6, 6.07) is 3.93. The highest BCUT2D eigenvalue weighted by atomic mass is 16.3. The fraction of sp³-hybridized carbons (Fsp3) is 0.600. The van der Waals surface area contributed by atoms with E-state index in [2.05, 4.69) is 20.4 Å². The Hall–Kier alpha value is -2.08. The molecule has 1 aliphatic heterocycles. The van der Waals surface area contributed by atoms with Crippen molar-refractivity contribution in [2.75, 3.05) is 19.6 Å². The number of nitrogens with zero attached hydrogens (tertiary/aromatic N) is 2. The maximum absolute atomic E-state index is 12.5. The summed E-state index contributed by atoms with van der Waals surface area (Å²) in [6.45, 7) is 3.42. The molecule has 2 aromatic heterocycles. The van der Waals surface area contributed by atoms with Gasteiger partial charge < -0.3 is 9.73 Å². The number of carbonyl (C=O) groups is 1. The maximum atomic E-state index is 12.5. The van der Waals surface area contributed by atoms with E-state index in [1.807, 2.05) is 12.1 Å². The van der Waals surface area contributed by atoms with E-state index in [1.165, 1.54) is 24.1 Å². The summed E-state index contributed by atoms with van der Waals surface area (Å²) < 4.78 is 5.41. The average Bonchev–Trinajstić information content (AvgIpc) is 3.32. The maximum Gasteiger partial charge on any atom is 0.223 e. The first kappa shape index (κ1) is 17.3. The van der Waals surface area contributed by atoms with Crippen LogP contribution >= 0.6 is 0 Å². The number of H-pyrrole nitrogens is 1. The fourth-order valence-electron chi connectivity index (χ4n) is 4.18. The second-order valence-corrected chi connectivity index (χ2v) is 7.51. The summed E-state index contributed by atoms with van der Waals surface area (Å²) >= 11 is 0. The van der Waals surface area contributed by atoms with Gasteiger partial charge >= 0.3 is 0 Å². The second kappa shape index (κ2) is 8.08. The Balaban J connectivity index is 1.19. The number of aryl methyl sites for hydroxylation is 1. The minimum absolute atomic E-state index is 0.135. The molecule has 2 aromatic rings. The first-order valence-electron chi connectivity index (χ1n) is 9.87. The Kier molecular flexibility index (Phi) is 5.39. The van der Waals surface area contributed by atoms with Crippen molar-refractivity contribution in [2.24, 2.45) is 5.92 Å². The largest absolute Gasteiger partial charge is 0.468 e. The molecule has 1 aliphatic carbocycles. The Bertz CT molecular complexity index is 714. The van der Waals surface area contributed by atoms with Crippen LogP contribution in [0.2, 0.25) is 0 Å². The van der Waals surface area contributed by atoms with E-state index >= 15 is 0 Å². The first-order chi connectivity index (χ1) is 12.8. The van der Waals surface area contributed by atoms with Crippen LogP contribution < -0.4 is 5.32 Å². The standard InChI is InChI=1S/C20H28N4O2/c25-20(15-8-11-24(12-9-15)14-16-4-3-13-26-16)21-10-7-19-17-5-1-2-6-18(17)22-23-19/h3-4,13,15H,1-2,5-12,14H2,(H,21,25)(H,22,23). The van der Waals surface area contributed by atoms with Crippen LogP contribution in [0.25, 0.3) is 0 Å². The molecule has 0 aromatic carbocycles. The summed E-state index contributed by atoms with van der Waals surface area (Å²) in [4.78, 5) is 14.8. The lowest BCUT2D eigenvalue weighted by Crippen LogP contribution is -2.40. The van der Waals surface area contributed by atoms with Crippen molar-refractivity contribution in [3.05, 3.63) is 41.1 Å². The Morgan fingerprint density at radius 3 is 2.96 bits per heavy atom. The molecule has 3 heterocycles. The number of piperidine rings is 1. The van der Waals surface area contributed by atoms with Crippen molar-refractivity contribution < 1.29 is 9.21 Å². The molecule has 0 radical (unpaired) electrons. The molecule has 0 atom stereocenters. The number of hydrogen-bond donors (Lipinski definition) is 2. The third-order valence-corrected chi connectivity index (χ3v) is 5.72. The molecular formula is C20H28N4O2. The van der Waals surface area contributed by atoms with Crippen LogP contribution in [0.1, 0.15) is 48.4 Å². The number of amides is 1. The molecule has 6 heteroatoms. The molecule has 0 unspecified atom stereocenters. The number of aromatic amines is 1. The van der Waals surface area contributed by atoms with Gasteiger partial charge in [0.05, 0.1) is 18.5 Å². The van der Waals surface area contributed by atoms with E-state index in [-0.39, 0.29) is 11.8 Å². The minimum atomic E-state index is 0.135. The molecule has 0 spiro atoms. The third-order valence-electron chi connectivity index (χ3n) is 5.72. The van der Waals surface area contributed by atoms with Crippen LogP contribution in [-0.2, 0) is 30.6 Å². The van der Waals surface area contributed by atoms with Gasteiger partial charge in [-0.05, 0) is 69.3 Å². The lowest BCUT2D eigenvalue weighted by Gasteiger charge is -2.30. The van der Waals surface area contributed by atoms with Gasteiger partial charge in [-0.25, -0.2) is 0 Å². The van der Waals surface area contributed by atoms with Crippen molar-refractivity contribution in [2.45, 2.75) is 51.5 Å². The van der Waals surface area contributed by atoms with Gasteiger partial charge in [-0.1, -0.05) is 0 Å². The van der Waals surface area contributed by atoms with Crippen molar-refractivity contribution in [3.8, 4) is 0 Å². The Morgan fingerprint density at radius 1 is 1.31 bits per heavy atom. The molecule has 1 fully saturated rings. The first-order valence-corrected chi connectivity index (χ1v) is 9.87. The van der Waals surface area contributed by atoms with Crippen LogP contribution in [0.3, 0.4) is 0 Å². The van der Waals surface area contributed by atoms with E-state index in [4.69, 9.17) is 4.42 Å². The SMILES string of the molecule is O=C(NCCc1n[nH]c2c1CCCC2)C1CCN(Cc2ccco2)CC1. The van der Waals surface area contributed by atoms with E-state index in [0.29, 0.717) is 6.54 Å². The summed E-state index contributed by atoms with van der Waals surface area (Å²) in [6.07, 6.45) is 9.14. The third kappa shape index (κ3) is 4.01. The van der Waals surface area contributed by atoms with Crippen LogP contribution in [0, 0.1) is 5.92 Å². The molecule has 4 rings (SSSR count). The highest BCUT2D eigenvalue weighted by molar-refractivity contribution is 5.78. The van der Waals surface area contributed by atoms with Crippen LogP contribution in [0.4, 0.5) is 0 Å². The number of fused-ring (bicyclic) bond motifs is 1. The minimum Gasteiger partial charge on any atom is -0.468 e. The number of nitrogens with one attached hydrogen (secondary N) is 2. The second-order valence-electron chi connectivity index (χ2n) is 7.51. The number of carbonyl (C=O) groups excluding carboxylic acids is 1. The zero-order chi connectivity index (χ0) is 17.8. The topological polar surface area (TPSA) is 74.2 Å². The average molecular weight is 356 g/mol. The highest BCUT2D eigenvalue weighted by Gasteiger charge is 2.25. The van der Waals surface area contributed by atoms with Crippen molar-refractivity contribution >= 4 is 5.91 Å². The Morgan fingerprint density at radius 2 is 2.15 bits per heavy atom. The zero-order valence-corrected chi connectivity index (χ0v) is 15.3. The van der Waals surface area contributed by atoms with Crippen LogP contribution in [0.5, 0.6) is 0 Å². The van der Waals surface area contributed by atoms with Gasteiger partial charge in [0, 0.05) is 24.6 Å². The highest BCUT2D eigenvalue weighted by Crippen LogP contribution is 2.22. The predicted octanol–water partition coefficient (Wildman–Crippen LogP) is 2.45. The number of aromatic nitrogens is 2. The van der Waals surface area contributed by atoms with Crippen LogP contribution in [0.15, 0.2) is 22.8 Å². The van der Waals surface area contributed by atoms with Gasteiger partial charge in [0.25, 0.3) is 0 Å². The molecule has 2 N–H and O–H groups in total. The van der Waals surface area contributed by atoms with E-state index in [9.17, 15) is 4.79 Å². The van der Waals surface area contributed by atoms with E-state index in [0.717, 1.165) is 63.2 Å². The molecular weight excluding hydrogens is 328 g/mol. The van der Waals surface area contributed by atoms with Crippen molar-refractivity contribution in [1.82, 2.24) is 20.4 Å². The van der Waals surface area contributed by atoms with Crippen molar-refractivity contribution in [1.29, 1.82) is 0 Å². The van der Waals surface area contributed by atoms with Gasteiger partial charge in [0.1, 0.15) is 5.76 Å². The molecule has 6 nitrogen and oxygen atoms in total. The van der Waals surface area contributed by atoms with Crippen molar-refractivity contribution in [3.63, 3.8) is 0 Å². The van der Waals surface area contributed by atoms with Gasteiger partial charge in [0.15, 0.2) is 0 Å². The Labute approximate surface area is 154 Å². The fourth-order valence-corrected chi connectivity index (χ4v) is 4.18. The summed E-state index contributed by atoms with van der Waals surface area (Å²) in [5.41, 5.74) is 3.85. The monoisotopic (exact) mass is 356 g/mol. The molecule has 140 valence electrons. The lowest BCUT2D eigenvalue weighted by atomic mass is 9.94. The number of hydrogen-bond acceptors (Lipinski definition) is 4. The van der Waals surface area contributed by atoms with Gasteiger partial charge in [0.2, 0.25) is 5.91 Å². The molecule has 0 saturated carbocycles. The molecule has 1 amide bonds. The summed E-state index contributed by atoms with van der Waals surface area (Å²) in [5.74, 6) is 1.33. The van der Waals surface area contributed by atoms with E-state index in [1.54, 1.807) is 6.26 Å². The molecule has 1 saturated heterocycles. The number of likely N-dealkylation sites (tertiary alicyclic amines) is 1. The van der Waals surface area contributed by atoms with Crippen LogP contribution in [-0.4, -0.2) is 40.6 Å². The van der Waals surface area contributed by atoms with E-state index < -0.39 is 0 Å². The van der Waals surface area contributed by atoms with Gasteiger partial charge in [-0.2, -0.15) is 5.10 Å². The smallest absolute Gasteiger partial charge is 0.223 e.